The number of ketones is 1. The van der Waals surface area contributed by atoms with Crippen molar-refractivity contribution < 1.29 is 4.79 Å². The van der Waals surface area contributed by atoms with Crippen LogP contribution in [0.3, 0.4) is 0 Å². The number of fused-ring (bicyclic) bond motifs is 1. The third-order valence-corrected chi connectivity index (χ3v) is 5.80. The van der Waals surface area contributed by atoms with Gasteiger partial charge in [0.05, 0.1) is 12.0 Å². The highest BCUT2D eigenvalue weighted by Gasteiger charge is 2.27. The third kappa shape index (κ3) is 3.04. The summed E-state index contributed by atoms with van der Waals surface area (Å²) < 4.78 is 1.68. The van der Waals surface area contributed by atoms with Gasteiger partial charge in [-0.05, 0) is 43.4 Å². The van der Waals surface area contributed by atoms with E-state index in [0.717, 1.165) is 21.8 Å². The van der Waals surface area contributed by atoms with Crippen LogP contribution in [0, 0.1) is 6.92 Å². The Labute approximate surface area is 159 Å². The monoisotopic (exact) mass is 375 g/mol. The zero-order valence-electron chi connectivity index (χ0n) is 14.8. The van der Waals surface area contributed by atoms with Gasteiger partial charge in [0.2, 0.25) is 0 Å². The maximum Gasteiger partial charge on any atom is 0.173 e. The predicted octanol–water partition coefficient (Wildman–Crippen LogP) is 3.86. The summed E-state index contributed by atoms with van der Waals surface area (Å²) in [5, 5.41) is 7.05. The Balaban J connectivity index is 1.60. The van der Waals surface area contributed by atoms with E-state index in [4.69, 9.17) is 0 Å². The van der Waals surface area contributed by atoms with Crippen LogP contribution in [0.2, 0.25) is 0 Å². The molecule has 0 aliphatic heterocycles. The van der Waals surface area contributed by atoms with E-state index in [1.54, 1.807) is 4.52 Å². The topological polar surface area (TPSA) is 73.0 Å². The van der Waals surface area contributed by atoms with Crippen LogP contribution in [0.15, 0.2) is 42.4 Å². The number of hydrogen-bond acceptors (Lipinski definition) is 6. The smallest absolute Gasteiger partial charge is 0.173 e. The van der Waals surface area contributed by atoms with Crippen LogP contribution < -0.4 is 0 Å². The number of aromatic nitrogens is 5. The van der Waals surface area contributed by atoms with Crippen LogP contribution in [0.1, 0.15) is 45.4 Å². The molecule has 0 unspecified atom stereocenters. The fraction of sp³-hybridized carbons (Fsp3) is 0.250. The van der Waals surface area contributed by atoms with Crippen LogP contribution in [0.5, 0.6) is 0 Å². The molecule has 0 bridgehead atoms. The van der Waals surface area contributed by atoms with E-state index in [1.807, 2.05) is 37.0 Å². The number of aryl methyl sites for hydroxylation is 1. The number of thiazole rings is 1. The average molecular weight is 375 g/mol. The van der Waals surface area contributed by atoms with Gasteiger partial charge in [-0.25, -0.2) is 14.5 Å². The second kappa shape index (κ2) is 6.35. The molecule has 4 aromatic heterocycles. The standard InChI is InChI=1S/C20H17N5OS/c1-12-10-27-19(24-12)7-18(26)16-6-14(9-25-20(16)22-11-23-25)17-8-21-5-4-15(17)13-2-3-13/h4-6,8-11,13H,2-3,7H2,1H3. The van der Waals surface area contributed by atoms with Crippen molar-refractivity contribution in [1.82, 2.24) is 24.6 Å². The molecule has 4 aromatic rings. The van der Waals surface area contributed by atoms with Crippen molar-refractivity contribution in [2.75, 3.05) is 0 Å². The first-order valence-corrected chi connectivity index (χ1v) is 9.79. The van der Waals surface area contributed by atoms with Crippen LogP contribution >= 0.6 is 11.3 Å². The lowest BCUT2D eigenvalue weighted by atomic mass is 9.98. The van der Waals surface area contributed by atoms with Gasteiger partial charge in [0.25, 0.3) is 0 Å². The highest BCUT2D eigenvalue weighted by Crippen LogP contribution is 2.44. The Morgan fingerprint density at radius 2 is 2.26 bits per heavy atom. The summed E-state index contributed by atoms with van der Waals surface area (Å²) in [6, 6.07) is 4.01. The van der Waals surface area contributed by atoms with Crippen molar-refractivity contribution in [3.63, 3.8) is 0 Å². The van der Waals surface area contributed by atoms with Gasteiger partial charge >= 0.3 is 0 Å². The molecule has 27 heavy (non-hydrogen) atoms. The van der Waals surface area contributed by atoms with Crippen molar-refractivity contribution in [3.8, 4) is 11.1 Å². The summed E-state index contributed by atoms with van der Waals surface area (Å²) in [6.07, 6.45) is 9.80. The molecular weight excluding hydrogens is 358 g/mol. The molecule has 134 valence electrons. The average Bonchev–Trinajstić information content (AvgIpc) is 3.28. The quantitative estimate of drug-likeness (QED) is 0.495. The molecule has 5 rings (SSSR count). The van der Waals surface area contributed by atoms with E-state index in [-0.39, 0.29) is 12.2 Å². The summed E-state index contributed by atoms with van der Waals surface area (Å²) in [7, 11) is 0. The number of hydrogen-bond donors (Lipinski definition) is 0. The normalized spacial score (nSPS) is 14.0. The first-order valence-electron chi connectivity index (χ1n) is 8.91. The zero-order chi connectivity index (χ0) is 18.4. The van der Waals surface area contributed by atoms with Gasteiger partial charge in [-0.3, -0.25) is 9.78 Å². The van der Waals surface area contributed by atoms with Gasteiger partial charge in [-0.1, -0.05) is 0 Å². The second-order valence-electron chi connectivity index (χ2n) is 6.89. The molecule has 1 aliphatic rings. The van der Waals surface area contributed by atoms with Gasteiger partial charge < -0.3 is 0 Å². The minimum Gasteiger partial charge on any atom is -0.294 e. The van der Waals surface area contributed by atoms with Crippen molar-refractivity contribution in [2.45, 2.75) is 32.1 Å². The molecule has 6 nitrogen and oxygen atoms in total. The maximum absolute atomic E-state index is 13.0. The fourth-order valence-corrected chi connectivity index (χ4v) is 4.16. The molecule has 1 aliphatic carbocycles. The van der Waals surface area contributed by atoms with Crippen molar-refractivity contribution >= 4 is 22.8 Å². The Hall–Kier alpha value is -2.93. The first-order chi connectivity index (χ1) is 13.2. The van der Waals surface area contributed by atoms with Crippen molar-refractivity contribution in [2.24, 2.45) is 0 Å². The third-order valence-electron chi connectivity index (χ3n) is 4.84. The largest absolute Gasteiger partial charge is 0.294 e. The van der Waals surface area contributed by atoms with Crippen LogP contribution in [0.4, 0.5) is 0 Å². The molecule has 0 aromatic carbocycles. The summed E-state index contributed by atoms with van der Waals surface area (Å²) in [5.41, 5.74) is 5.39. The molecule has 0 spiro atoms. The zero-order valence-corrected chi connectivity index (χ0v) is 15.6. The second-order valence-corrected chi connectivity index (χ2v) is 7.83. The van der Waals surface area contributed by atoms with Crippen molar-refractivity contribution in [3.05, 3.63) is 64.3 Å². The molecule has 0 radical (unpaired) electrons. The Kier molecular flexibility index (Phi) is 3.82. The molecule has 1 fully saturated rings. The lowest BCUT2D eigenvalue weighted by Gasteiger charge is -2.10. The van der Waals surface area contributed by atoms with Gasteiger partial charge in [-0.2, -0.15) is 5.10 Å². The maximum atomic E-state index is 13.0. The SMILES string of the molecule is Cc1csc(CC(=O)c2cc(-c3cnccc3C3CC3)cn3ncnc23)n1. The lowest BCUT2D eigenvalue weighted by molar-refractivity contribution is 0.0994. The van der Waals surface area contributed by atoms with Crippen molar-refractivity contribution in [1.29, 1.82) is 0 Å². The molecule has 0 amide bonds. The molecule has 7 heteroatoms. The molecule has 0 N–H and O–H groups in total. The summed E-state index contributed by atoms with van der Waals surface area (Å²) in [5.74, 6) is 0.591. The summed E-state index contributed by atoms with van der Waals surface area (Å²) in [4.78, 5) is 26.0. The Morgan fingerprint density at radius 1 is 1.37 bits per heavy atom. The van der Waals surface area contributed by atoms with Crippen LogP contribution in [0.25, 0.3) is 16.8 Å². The summed E-state index contributed by atoms with van der Waals surface area (Å²) >= 11 is 1.51. The predicted molar refractivity (Wildman–Crippen MR) is 103 cm³/mol. The first kappa shape index (κ1) is 16.3. The van der Waals surface area contributed by atoms with E-state index in [9.17, 15) is 4.79 Å². The van der Waals surface area contributed by atoms with Crippen LogP contribution in [-0.4, -0.2) is 30.3 Å². The number of carbonyl (C=O) groups excluding carboxylic acids is 1. The number of Topliss-reactive ketones (excluding diaryl/α,β-unsaturated/α-hetero) is 1. The highest BCUT2D eigenvalue weighted by atomic mass is 32.1. The van der Waals surface area contributed by atoms with Crippen LogP contribution in [-0.2, 0) is 6.42 Å². The fourth-order valence-electron chi connectivity index (χ4n) is 3.39. The van der Waals surface area contributed by atoms with Gasteiger partial charge in [0.15, 0.2) is 11.4 Å². The van der Waals surface area contributed by atoms with E-state index in [2.05, 4.69) is 26.1 Å². The molecule has 0 atom stereocenters. The van der Waals surface area contributed by atoms with Gasteiger partial charge in [0.1, 0.15) is 11.3 Å². The van der Waals surface area contributed by atoms with E-state index in [0.29, 0.717) is 17.1 Å². The molecular formula is C20H17N5OS. The van der Waals surface area contributed by atoms with E-state index < -0.39 is 0 Å². The lowest BCUT2D eigenvalue weighted by Crippen LogP contribution is -2.07. The van der Waals surface area contributed by atoms with Gasteiger partial charge in [-0.15, -0.1) is 11.3 Å². The molecule has 0 saturated heterocycles. The number of rotatable bonds is 5. The van der Waals surface area contributed by atoms with E-state index >= 15 is 0 Å². The van der Waals surface area contributed by atoms with E-state index in [1.165, 1.54) is 36.1 Å². The number of nitrogens with zero attached hydrogens (tertiary/aromatic N) is 5. The Bertz CT molecular complexity index is 1160. The summed E-state index contributed by atoms with van der Waals surface area (Å²) in [6.45, 7) is 1.93. The van der Waals surface area contributed by atoms with Gasteiger partial charge in [0, 0.05) is 40.8 Å². The Morgan fingerprint density at radius 3 is 3.04 bits per heavy atom. The molecule has 1 saturated carbocycles. The number of carbonyl (C=O) groups is 1. The highest BCUT2D eigenvalue weighted by molar-refractivity contribution is 7.09. The minimum absolute atomic E-state index is 0.000984. The number of pyridine rings is 2. The molecule has 4 heterocycles. The minimum atomic E-state index is 0.000984.